The number of hydrogen-bond donors (Lipinski definition) is 1. The molecule has 1 heterocycles. The van der Waals surface area contributed by atoms with Crippen LogP contribution in [0.3, 0.4) is 0 Å². The van der Waals surface area contributed by atoms with Gasteiger partial charge in [0.1, 0.15) is 0 Å². The second-order valence-electron chi connectivity index (χ2n) is 15.5. The van der Waals surface area contributed by atoms with Crippen LogP contribution in [0.5, 0.6) is 0 Å². The Morgan fingerprint density at radius 1 is 0.719 bits per heavy atom. The van der Waals surface area contributed by atoms with Gasteiger partial charge in [0.15, 0.2) is 0 Å². The van der Waals surface area contributed by atoms with E-state index in [2.05, 4.69) is 41.5 Å². The van der Waals surface area contributed by atoms with E-state index in [4.69, 9.17) is 4.74 Å². The fourth-order valence-corrected chi connectivity index (χ4v) is 11.0. The van der Waals surface area contributed by atoms with E-state index in [0.717, 1.165) is 31.3 Å². The van der Waals surface area contributed by atoms with Crippen LogP contribution in [0.4, 0.5) is 0 Å². The summed E-state index contributed by atoms with van der Waals surface area (Å²) in [5, 5.41) is 11.4. The molecule has 0 amide bonds. The maximum absolute atomic E-state index is 11.4. The lowest BCUT2D eigenvalue weighted by Crippen LogP contribution is -2.72. The first-order valence-corrected chi connectivity index (χ1v) is 14.0. The molecule has 4 saturated carbocycles. The van der Waals surface area contributed by atoms with Crippen molar-refractivity contribution in [3.05, 3.63) is 0 Å². The molecule has 5 fully saturated rings. The molecule has 5 rings (SSSR count). The van der Waals surface area contributed by atoms with Crippen LogP contribution < -0.4 is 0 Å². The zero-order chi connectivity index (χ0) is 23.4. The van der Waals surface area contributed by atoms with E-state index in [1.165, 1.54) is 57.8 Å². The Kier molecular flexibility index (Phi) is 5.01. The number of aliphatic hydroxyl groups is 1. The van der Waals surface area contributed by atoms with Crippen molar-refractivity contribution < 1.29 is 9.84 Å². The van der Waals surface area contributed by atoms with Crippen LogP contribution in [0.2, 0.25) is 0 Å². The van der Waals surface area contributed by atoms with Gasteiger partial charge < -0.3 is 9.84 Å². The van der Waals surface area contributed by atoms with Gasteiger partial charge in [-0.25, -0.2) is 0 Å². The maximum Gasteiger partial charge on any atom is 0.0995 e. The van der Waals surface area contributed by atoms with Crippen LogP contribution in [0.25, 0.3) is 0 Å². The molecule has 2 nitrogen and oxygen atoms in total. The Morgan fingerprint density at radius 2 is 1.34 bits per heavy atom. The third-order valence-corrected chi connectivity index (χ3v) is 13.2. The van der Waals surface area contributed by atoms with E-state index in [9.17, 15) is 5.11 Å². The van der Waals surface area contributed by atoms with Gasteiger partial charge in [-0.15, -0.1) is 0 Å². The lowest BCUT2D eigenvalue weighted by atomic mass is 9.31. The minimum Gasteiger partial charge on any atom is -0.387 e. The molecule has 1 saturated heterocycles. The Labute approximate surface area is 198 Å². The topological polar surface area (TPSA) is 29.5 Å². The molecule has 0 bridgehead atoms. The first-order chi connectivity index (χ1) is 14.6. The van der Waals surface area contributed by atoms with Crippen LogP contribution in [-0.4, -0.2) is 22.9 Å². The third kappa shape index (κ3) is 2.84. The average Bonchev–Trinajstić information content (AvgIpc) is 2.70. The van der Waals surface area contributed by atoms with E-state index in [-0.39, 0.29) is 11.0 Å². The highest BCUT2D eigenvalue weighted by atomic mass is 16.5. The summed E-state index contributed by atoms with van der Waals surface area (Å²) in [5.74, 6) is 2.09. The summed E-state index contributed by atoms with van der Waals surface area (Å²) in [4.78, 5) is 0. The first kappa shape index (κ1) is 23.7. The molecule has 1 N–H and O–H groups in total. The van der Waals surface area contributed by atoms with Crippen molar-refractivity contribution in [2.24, 2.45) is 44.8 Å². The van der Waals surface area contributed by atoms with Crippen molar-refractivity contribution in [2.75, 3.05) is 6.61 Å². The minimum absolute atomic E-state index is 0.283. The largest absolute Gasteiger partial charge is 0.387 e. The molecule has 0 unspecified atom stereocenters. The van der Waals surface area contributed by atoms with Crippen LogP contribution in [0, 0.1) is 44.8 Å². The highest BCUT2D eigenvalue weighted by molar-refractivity contribution is 5.21. The van der Waals surface area contributed by atoms with E-state index >= 15 is 0 Å². The Morgan fingerprint density at radius 3 is 2.03 bits per heavy atom. The molecular weight excluding hydrogens is 392 g/mol. The molecule has 0 radical (unpaired) electrons. The van der Waals surface area contributed by atoms with Gasteiger partial charge in [-0.1, -0.05) is 41.5 Å². The Balaban J connectivity index is 1.56. The normalized spacial score (nSPS) is 55.2. The van der Waals surface area contributed by atoms with Gasteiger partial charge in [0.25, 0.3) is 0 Å². The average molecular weight is 445 g/mol. The molecule has 5 aliphatic rings. The molecule has 4 aliphatic carbocycles. The van der Waals surface area contributed by atoms with Crippen LogP contribution >= 0.6 is 0 Å². The first-order valence-electron chi connectivity index (χ1n) is 14.0. The standard InChI is InChI=1S/C30H52O2/c1-24(2)13-14-26(5)15-17-28(7)21-11-12-30(25(3,4)31)22(10-9-19-32-30)27(21,6)16-18-29(28,8)23(26)20-24/h21-23,31H,9-20H2,1-8H3/t21-,22-,23+,26+,27+,28+,29-,30+/m0/s1. The monoisotopic (exact) mass is 444 g/mol. The third-order valence-electron chi connectivity index (χ3n) is 13.2. The zero-order valence-electron chi connectivity index (χ0n) is 22.6. The molecule has 0 aromatic rings. The maximum atomic E-state index is 11.4. The van der Waals surface area contributed by atoms with Crippen LogP contribution in [-0.2, 0) is 4.74 Å². The fourth-order valence-electron chi connectivity index (χ4n) is 11.0. The van der Waals surface area contributed by atoms with Crippen LogP contribution in [0.1, 0.15) is 126 Å². The number of rotatable bonds is 1. The number of ether oxygens (including phenoxy) is 1. The van der Waals surface area contributed by atoms with Gasteiger partial charge in [0, 0.05) is 6.61 Å². The van der Waals surface area contributed by atoms with Gasteiger partial charge in [0.2, 0.25) is 0 Å². The van der Waals surface area contributed by atoms with Gasteiger partial charge in [-0.05, 0) is 129 Å². The molecular formula is C30H52O2. The molecule has 0 aromatic heterocycles. The smallest absolute Gasteiger partial charge is 0.0995 e. The van der Waals surface area contributed by atoms with Crippen molar-refractivity contribution in [3.63, 3.8) is 0 Å². The zero-order valence-corrected chi connectivity index (χ0v) is 22.6. The molecule has 184 valence electrons. The quantitative estimate of drug-likeness (QED) is 0.447. The fraction of sp³-hybridized carbons (Fsp3) is 1.00. The second-order valence-corrected chi connectivity index (χ2v) is 15.5. The van der Waals surface area contributed by atoms with Crippen LogP contribution in [0.15, 0.2) is 0 Å². The second kappa shape index (κ2) is 6.77. The number of hydrogen-bond acceptors (Lipinski definition) is 2. The molecule has 32 heavy (non-hydrogen) atoms. The van der Waals surface area contributed by atoms with Crippen molar-refractivity contribution in [2.45, 2.75) is 137 Å². The highest BCUT2D eigenvalue weighted by Crippen LogP contribution is 2.77. The minimum atomic E-state index is -0.772. The molecule has 2 heteroatoms. The van der Waals surface area contributed by atoms with Crippen molar-refractivity contribution in [1.82, 2.24) is 0 Å². The summed E-state index contributed by atoms with van der Waals surface area (Å²) in [5.41, 5.74) is 1.03. The van der Waals surface area contributed by atoms with Crippen molar-refractivity contribution >= 4 is 0 Å². The van der Waals surface area contributed by atoms with Gasteiger partial charge in [-0.2, -0.15) is 0 Å². The van der Waals surface area contributed by atoms with E-state index in [1.54, 1.807) is 0 Å². The highest BCUT2D eigenvalue weighted by Gasteiger charge is 2.72. The van der Waals surface area contributed by atoms with E-state index < -0.39 is 5.60 Å². The molecule has 8 atom stereocenters. The summed E-state index contributed by atoms with van der Waals surface area (Å²) in [6.07, 6.45) is 14.4. The SMILES string of the molecule is CC1(C)CC[C@]2(C)CC[C@]3(C)[C@H]4CC[C@@]5(C(C)(C)O)OCCC[C@H]5[C@]4(C)CC[C@@]3(C)[C@@H]2C1. The summed E-state index contributed by atoms with van der Waals surface area (Å²) in [6.45, 7) is 20.7. The summed E-state index contributed by atoms with van der Waals surface area (Å²) >= 11 is 0. The Hall–Kier alpha value is -0.0800. The summed E-state index contributed by atoms with van der Waals surface area (Å²) in [6, 6.07) is 0. The lowest BCUT2D eigenvalue weighted by molar-refractivity contribution is -0.307. The van der Waals surface area contributed by atoms with Gasteiger partial charge >= 0.3 is 0 Å². The van der Waals surface area contributed by atoms with Gasteiger partial charge in [-0.3, -0.25) is 0 Å². The number of fused-ring (bicyclic) bond motifs is 7. The van der Waals surface area contributed by atoms with Crippen molar-refractivity contribution in [1.29, 1.82) is 0 Å². The van der Waals surface area contributed by atoms with E-state index in [1.807, 2.05) is 13.8 Å². The lowest BCUT2D eigenvalue weighted by Gasteiger charge is -2.75. The summed E-state index contributed by atoms with van der Waals surface area (Å²) < 4.78 is 6.62. The predicted octanol–water partition coefficient (Wildman–Crippen LogP) is 7.77. The summed E-state index contributed by atoms with van der Waals surface area (Å²) in [7, 11) is 0. The van der Waals surface area contributed by atoms with Crippen molar-refractivity contribution in [3.8, 4) is 0 Å². The van der Waals surface area contributed by atoms with E-state index in [0.29, 0.717) is 27.6 Å². The molecule has 0 aromatic carbocycles. The molecule has 1 aliphatic heterocycles. The molecule has 0 spiro atoms. The Bertz CT molecular complexity index is 765. The predicted molar refractivity (Wildman–Crippen MR) is 132 cm³/mol. The van der Waals surface area contributed by atoms with Gasteiger partial charge in [0.05, 0.1) is 11.2 Å².